The summed E-state index contributed by atoms with van der Waals surface area (Å²) in [6.45, 7) is 1.63. The van der Waals surface area contributed by atoms with Crippen LogP contribution in [0.1, 0.15) is 24.5 Å². The lowest BCUT2D eigenvalue weighted by atomic mass is 9.92. The van der Waals surface area contributed by atoms with E-state index < -0.39 is 0 Å². The third kappa shape index (κ3) is 2.98. The summed E-state index contributed by atoms with van der Waals surface area (Å²) < 4.78 is 8.70. The Bertz CT molecular complexity index is 876. The molecule has 3 aromatic rings. The van der Waals surface area contributed by atoms with Crippen LogP contribution in [0.15, 0.2) is 24.7 Å². The van der Waals surface area contributed by atoms with Crippen LogP contribution in [-0.4, -0.2) is 50.7 Å². The monoisotopic (exact) mass is 341 g/mol. The van der Waals surface area contributed by atoms with E-state index in [-0.39, 0.29) is 0 Å². The first-order chi connectivity index (χ1) is 12.2. The molecule has 3 aromatic heterocycles. The largest absolute Gasteiger partial charge is 0.384 e. The molecular weight excluding hydrogens is 318 g/mol. The van der Waals surface area contributed by atoms with Gasteiger partial charge in [0.1, 0.15) is 5.82 Å². The molecule has 0 saturated carbocycles. The topological polar surface area (TPSA) is 95.3 Å². The maximum atomic E-state index is 6.23. The van der Waals surface area contributed by atoms with Gasteiger partial charge in [-0.2, -0.15) is 14.7 Å². The minimum Gasteiger partial charge on any atom is -0.384 e. The lowest BCUT2D eigenvalue weighted by Gasteiger charge is -2.29. The number of nitrogens with one attached hydrogen (secondary N) is 1. The first-order valence-corrected chi connectivity index (χ1v) is 8.51. The summed E-state index contributed by atoms with van der Waals surface area (Å²) in [7, 11) is 3.64. The van der Waals surface area contributed by atoms with Crippen molar-refractivity contribution in [3.8, 4) is 11.1 Å². The third-order valence-corrected chi connectivity index (χ3v) is 4.84. The lowest BCUT2D eigenvalue weighted by molar-refractivity contribution is 0.150. The molecule has 132 valence electrons. The average Bonchev–Trinajstić information content (AvgIpc) is 3.22. The second-order valence-electron chi connectivity index (χ2n) is 6.64. The highest BCUT2D eigenvalue weighted by molar-refractivity contribution is 5.77. The summed E-state index contributed by atoms with van der Waals surface area (Å²) in [5.41, 5.74) is 9.96. The lowest BCUT2D eigenvalue weighted by Crippen LogP contribution is -2.40. The second kappa shape index (κ2) is 6.45. The molecule has 25 heavy (non-hydrogen) atoms. The zero-order valence-corrected chi connectivity index (χ0v) is 14.5. The molecule has 0 bridgehead atoms. The fourth-order valence-electron chi connectivity index (χ4n) is 3.49. The SMILES string of the molecule is COC[C@@H]1CC[C@H](c2cc(N)n3ncc(-c4cnn(C)c4)c3n2)CN1. The fraction of sp³-hybridized carbons (Fsp3) is 0.471. The molecule has 0 unspecified atom stereocenters. The van der Waals surface area contributed by atoms with Crippen molar-refractivity contribution in [1.82, 2.24) is 29.7 Å². The van der Waals surface area contributed by atoms with Crippen molar-refractivity contribution >= 4 is 11.5 Å². The minimum absolute atomic E-state index is 0.344. The molecule has 0 amide bonds. The minimum atomic E-state index is 0.344. The van der Waals surface area contributed by atoms with Crippen LogP contribution in [0.3, 0.4) is 0 Å². The highest BCUT2D eigenvalue weighted by atomic mass is 16.5. The number of aromatic nitrogens is 5. The van der Waals surface area contributed by atoms with Crippen molar-refractivity contribution < 1.29 is 4.74 Å². The van der Waals surface area contributed by atoms with Gasteiger partial charge in [0.15, 0.2) is 5.65 Å². The molecule has 1 aliphatic rings. The quantitative estimate of drug-likeness (QED) is 0.740. The maximum Gasteiger partial charge on any atom is 0.165 e. The standard InChI is InChI=1S/C17H23N7O/c1-23-9-12(7-20-23)14-8-21-24-16(18)5-15(22-17(14)24)11-3-4-13(10-25-2)19-6-11/h5,7-9,11,13,19H,3-4,6,10,18H2,1-2H3/t11-,13-/m0/s1. The van der Waals surface area contributed by atoms with Gasteiger partial charge in [-0.05, 0) is 12.8 Å². The number of fused-ring (bicyclic) bond motifs is 1. The van der Waals surface area contributed by atoms with Crippen LogP contribution in [0.5, 0.6) is 0 Å². The summed E-state index contributed by atoms with van der Waals surface area (Å²) >= 11 is 0. The molecule has 4 rings (SSSR count). The highest BCUT2D eigenvalue weighted by Gasteiger charge is 2.24. The van der Waals surface area contributed by atoms with Crippen molar-refractivity contribution in [2.24, 2.45) is 7.05 Å². The van der Waals surface area contributed by atoms with Gasteiger partial charge in [0.25, 0.3) is 0 Å². The van der Waals surface area contributed by atoms with Gasteiger partial charge in [-0.25, -0.2) is 4.98 Å². The fourth-order valence-corrected chi connectivity index (χ4v) is 3.49. The summed E-state index contributed by atoms with van der Waals surface area (Å²) in [6.07, 6.45) is 7.71. The molecule has 0 aliphatic carbocycles. The van der Waals surface area contributed by atoms with Crippen LogP contribution in [0.25, 0.3) is 16.8 Å². The molecule has 0 radical (unpaired) electrons. The number of hydrogen-bond donors (Lipinski definition) is 2. The van der Waals surface area contributed by atoms with E-state index >= 15 is 0 Å². The molecule has 1 fully saturated rings. The number of nitrogens with two attached hydrogens (primary N) is 1. The summed E-state index contributed by atoms with van der Waals surface area (Å²) in [5, 5.41) is 12.2. The molecule has 8 nitrogen and oxygen atoms in total. The van der Waals surface area contributed by atoms with Gasteiger partial charge in [0, 0.05) is 56.1 Å². The number of anilines is 1. The molecular formula is C17H23N7O. The van der Waals surface area contributed by atoms with Crippen molar-refractivity contribution in [2.75, 3.05) is 26.0 Å². The van der Waals surface area contributed by atoms with Crippen molar-refractivity contribution in [1.29, 1.82) is 0 Å². The zero-order chi connectivity index (χ0) is 17.4. The van der Waals surface area contributed by atoms with E-state index in [1.54, 1.807) is 22.5 Å². The Morgan fingerprint density at radius 2 is 2.20 bits per heavy atom. The Morgan fingerprint density at radius 1 is 1.32 bits per heavy atom. The number of methoxy groups -OCH3 is 1. The van der Waals surface area contributed by atoms with Crippen LogP contribution in [0.2, 0.25) is 0 Å². The normalized spacial score (nSPS) is 21.0. The van der Waals surface area contributed by atoms with E-state index in [0.717, 1.165) is 48.5 Å². The van der Waals surface area contributed by atoms with Crippen LogP contribution < -0.4 is 11.1 Å². The van der Waals surface area contributed by atoms with Crippen molar-refractivity contribution in [3.63, 3.8) is 0 Å². The predicted octanol–water partition coefficient (Wildman–Crippen LogP) is 1.19. The number of aryl methyl sites for hydroxylation is 1. The van der Waals surface area contributed by atoms with Gasteiger partial charge in [0.05, 0.1) is 24.7 Å². The molecule has 0 aromatic carbocycles. The third-order valence-electron chi connectivity index (χ3n) is 4.84. The number of nitrogen functional groups attached to an aromatic ring is 1. The molecule has 4 heterocycles. The predicted molar refractivity (Wildman–Crippen MR) is 95.2 cm³/mol. The van der Waals surface area contributed by atoms with Crippen LogP contribution in [-0.2, 0) is 11.8 Å². The molecule has 3 N–H and O–H groups in total. The van der Waals surface area contributed by atoms with E-state index in [9.17, 15) is 0 Å². The van der Waals surface area contributed by atoms with Gasteiger partial charge in [-0.15, -0.1) is 0 Å². The second-order valence-corrected chi connectivity index (χ2v) is 6.64. The Balaban J connectivity index is 1.67. The van der Waals surface area contributed by atoms with Gasteiger partial charge < -0.3 is 15.8 Å². The average molecular weight is 341 g/mol. The first kappa shape index (κ1) is 16.0. The highest BCUT2D eigenvalue weighted by Crippen LogP contribution is 2.29. The number of ether oxygens (including phenoxy) is 1. The van der Waals surface area contributed by atoms with Gasteiger partial charge in [-0.1, -0.05) is 0 Å². The van der Waals surface area contributed by atoms with E-state index in [0.29, 0.717) is 17.8 Å². The Labute approximate surface area is 146 Å². The Hall–Kier alpha value is -2.45. The van der Waals surface area contributed by atoms with Gasteiger partial charge in [0.2, 0.25) is 0 Å². The molecule has 1 saturated heterocycles. The molecule has 1 aliphatic heterocycles. The maximum absolute atomic E-state index is 6.23. The van der Waals surface area contributed by atoms with Gasteiger partial charge >= 0.3 is 0 Å². The Kier molecular flexibility index (Phi) is 4.14. The van der Waals surface area contributed by atoms with Crippen LogP contribution in [0.4, 0.5) is 5.82 Å². The van der Waals surface area contributed by atoms with Crippen molar-refractivity contribution in [3.05, 3.63) is 30.4 Å². The Morgan fingerprint density at radius 3 is 2.88 bits per heavy atom. The van der Waals surface area contributed by atoms with Gasteiger partial charge in [-0.3, -0.25) is 4.68 Å². The zero-order valence-electron chi connectivity index (χ0n) is 14.5. The number of rotatable bonds is 4. The summed E-state index contributed by atoms with van der Waals surface area (Å²) in [5.74, 6) is 0.950. The summed E-state index contributed by atoms with van der Waals surface area (Å²) in [6, 6.07) is 2.36. The first-order valence-electron chi connectivity index (χ1n) is 8.51. The summed E-state index contributed by atoms with van der Waals surface area (Å²) in [4.78, 5) is 4.89. The molecule has 2 atom stereocenters. The van der Waals surface area contributed by atoms with Crippen LogP contribution >= 0.6 is 0 Å². The van der Waals surface area contributed by atoms with E-state index in [1.807, 2.05) is 25.5 Å². The van der Waals surface area contributed by atoms with E-state index in [1.165, 1.54) is 0 Å². The molecule has 0 spiro atoms. The van der Waals surface area contributed by atoms with Crippen LogP contribution in [0, 0.1) is 0 Å². The van der Waals surface area contributed by atoms with E-state index in [4.69, 9.17) is 15.5 Å². The number of hydrogen-bond acceptors (Lipinski definition) is 6. The number of piperidine rings is 1. The number of nitrogens with zero attached hydrogens (tertiary/aromatic N) is 5. The van der Waals surface area contributed by atoms with Crippen molar-refractivity contribution in [2.45, 2.75) is 24.8 Å². The smallest absolute Gasteiger partial charge is 0.165 e. The van der Waals surface area contributed by atoms with E-state index in [2.05, 4.69) is 15.5 Å². The molecule has 8 heteroatoms.